The van der Waals surface area contributed by atoms with Gasteiger partial charge in [0, 0.05) is 31.0 Å². The van der Waals surface area contributed by atoms with Crippen molar-refractivity contribution in [2.75, 3.05) is 29.5 Å². The average molecular weight is 427 g/mol. The second-order valence-corrected chi connectivity index (χ2v) is 8.36. The largest absolute Gasteiger partial charge is 0.406 e. The van der Waals surface area contributed by atoms with E-state index in [-0.39, 0.29) is 18.1 Å². The van der Waals surface area contributed by atoms with E-state index in [9.17, 15) is 9.18 Å². The predicted octanol–water partition coefficient (Wildman–Crippen LogP) is 3.40. The molecule has 1 aliphatic rings. The maximum absolute atomic E-state index is 13.4. The van der Waals surface area contributed by atoms with Crippen LogP contribution in [-0.4, -0.2) is 40.7 Å². The van der Waals surface area contributed by atoms with Crippen molar-refractivity contribution in [1.82, 2.24) is 15.5 Å². The Morgan fingerprint density at radius 1 is 1.10 bits per heavy atom. The number of hydrogen-bond acceptors (Lipinski definition) is 6. The zero-order chi connectivity index (χ0) is 20.8. The van der Waals surface area contributed by atoms with E-state index in [1.807, 2.05) is 42.1 Å². The van der Waals surface area contributed by atoms with Crippen molar-refractivity contribution in [1.29, 1.82) is 0 Å². The van der Waals surface area contributed by atoms with Crippen molar-refractivity contribution in [3.63, 3.8) is 0 Å². The van der Waals surface area contributed by atoms with Crippen LogP contribution in [0.1, 0.15) is 23.1 Å². The van der Waals surface area contributed by atoms with Gasteiger partial charge in [-0.15, -0.1) is 5.10 Å². The third-order valence-corrected chi connectivity index (χ3v) is 5.82. The molecule has 0 saturated carbocycles. The molecule has 1 N–H and O–H groups in total. The summed E-state index contributed by atoms with van der Waals surface area (Å²) in [6, 6.07) is 15.9. The number of thioether (sulfide) groups is 1. The molecular weight excluding hydrogens is 403 g/mol. The SMILES string of the molecule is O=C(Cc1cccc(F)c1)N[C@H](Cc1ccccc1)c1nnc(N2CCSCC2)o1. The van der Waals surface area contributed by atoms with E-state index in [0.29, 0.717) is 23.9 Å². The summed E-state index contributed by atoms with van der Waals surface area (Å²) in [5.41, 5.74) is 1.66. The predicted molar refractivity (Wildman–Crippen MR) is 115 cm³/mol. The van der Waals surface area contributed by atoms with Gasteiger partial charge in [-0.1, -0.05) is 47.6 Å². The number of nitrogens with zero attached hydrogens (tertiary/aromatic N) is 3. The van der Waals surface area contributed by atoms with Gasteiger partial charge in [0.15, 0.2) is 0 Å². The summed E-state index contributed by atoms with van der Waals surface area (Å²) < 4.78 is 19.4. The lowest BCUT2D eigenvalue weighted by atomic mass is 10.1. The molecule has 1 saturated heterocycles. The van der Waals surface area contributed by atoms with Crippen molar-refractivity contribution in [2.24, 2.45) is 0 Å². The van der Waals surface area contributed by atoms with Crippen molar-refractivity contribution in [3.8, 4) is 0 Å². The molecule has 0 spiro atoms. The highest BCUT2D eigenvalue weighted by Crippen LogP contribution is 2.23. The van der Waals surface area contributed by atoms with Crippen LogP contribution in [0.3, 0.4) is 0 Å². The molecule has 2 aromatic carbocycles. The molecule has 4 rings (SSSR count). The molecule has 0 aliphatic carbocycles. The standard InChI is InChI=1S/C22H23FN4O2S/c23-18-8-4-7-17(13-18)15-20(28)24-19(14-16-5-2-1-3-6-16)21-25-26-22(29-21)27-9-11-30-12-10-27/h1-8,13,19H,9-12,14-15H2,(H,24,28)/t19-/m1/s1. The zero-order valence-corrected chi connectivity index (χ0v) is 17.3. The molecule has 1 aliphatic heterocycles. The number of anilines is 1. The van der Waals surface area contributed by atoms with Crippen LogP contribution in [-0.2, 0) is 17.6 Å². The normalized spacial score (nSPS) is 15.0. The Balaban J connectivity index is 1.50. The van der Waals surface area contributed by atoms with E-state index < -0.39 is 6.04 Å². The first kappa shape index (κ1) is 20.4. The van der Waals surface area contributed by atoms with E-state index in [1.165, 1.54) is 12.1 Å². The quantitative estimate of drug-likeness (QED) is 0.624. The molecule has 1 atom stereocenters. The van der Waals surface area contributed by atoms with Crippen LogP contribution in [0.15, 0.2) is 59.0 Å². The summed E-state index contributed by atoms with van der Waals surface area (Å²) in [5, 5.41) is 11.4. The van der Waals surface area contributed by atoms with Crippen molar-refractivity contribution in [3.05, 3.63) is 77.4 Å². The third kappa shape index (κ3) is 5.38. The number of rotatable bonds is 7. The van der Waals surface area contributed by atoms with Crippen molar-refractivity contribution < 1.29 is 13.6 Å². The van der Waals surface area contributed by atoms with Gasteiger partial charge in [0.05, 0.1) is 6.42 Å². The van der Waals surface area contributed by atoms with Crippen LogP contribution in [0.4, 0.5) is 10.4 Å². The van der Waals surface area contributed by atoms with Gasteiger partial charge in [-0.25, -0.2) is 4.39 Å². The maximum atomic E-state index is 13.4. The van der Waals surface area contributed by atoms with E-state index in [2.05, 4.69) is 20.4 Å². The number of carbonyl (C=O) groups is 1. The summed E-state index contributed by atoms with van der Waals surface area (Å²) in [5.74, 6) is 1.84. The summed E-state index contributed by atoms with van der Waals surface area (Å²) in [7, 11) is 0. The van der Waals surface area contributed by atoms with Gasteiger partial charge in [0.2, 0.25) is 11.8 Å². The lowest BCUT2D eigenvalue weighted by Crippen LogP contribution is -2.32. The molecule has 6 nitrogen and oxygen atoms in total. The zero-order valence-electron chi connectivity index (χ0n) is 16.5. The van der Waals surface area contributed by atoms with Crippen LogP contribution in [0.2, 0.25) is 0 Å². The van der Waals surface area contributed by atoms with Crippen molar-refractivity contribution >= 4 is 23.7 Å². The Kier molecular flexibility index (Phi) is 6.63. The summed E-state index contributed by atoms with van der Waals surface area (Å²) >= 11 is 1.90. The Hall–Kier alpha value is -2.87. The highest BCUT2D eigenvalue weighted by molar-refractivity contribution is 7.99. The summed E-state index contributed by atoms with van der Waals surface area (Å²) in [6.07, 6.45) is 0.598. The molecule has 3 aromatic rings. The first-order chi connectivity index (χ1) is 14.7. The van der Waals surface area contributed by atoms with E-state index in [0.717, 1.165) is 30.2 Å². The minimum absolute atomic E-state index is 0.0768. The number of benzene rings is 2. The molecule has 0 radical (unpaired) electrons. The summed E-state index contributed by atoms with van der Waals surface area (Å²) in [6.45, 7) is 1.73. The molecule has 156 valence electrons. The fraction of sp³-hybridized carbons (Fsp3) is 0.318. The number of amides is 1. The second kappa shape index (κ2) is 9.75. The smallest absolute Gasteiger partial charge is 0.318 e. The van der Waals surface area contributed by atoms with Crippen LogP contribution >= 0.6 is 11.8 Å². The van der Waals surface area contributed by atoms with Gasteiger partial charge in [0.1, 0.15) is 11.9 Å². The van der Waals surface area contributed by atoms with Gasteiger partial charge in [-0.05, 0) is 23.3 Å². The summed E-state index contributed by atoms with van der Waals surface area (Å²) in [4.78, 5) is 14.7. The molecule has 1 fully saturated rings. The number of carbonyl (C=O) groups excluding carboxylic acids is 1. The van der Waals surface area contributed by atoms with Crippen LogP contribution in [0.5, 0.6) is 0 Å². The Labute approximate surface area is 178 Å². The van der Waals surface area contributed by atoms with E-state index in [4.69, 9.17) is 4.42 Å². The monoisotopic (exact) mass is 426 g/mol. The average Bonchev–Trinajstić information content (AvgIpc) is 3.25. The van der Waals surface area contributed by atoms with Gasteiger partial charge in [0.25, 0.3) is 0 Å². The molecular formula is C22H23FN4O2S. The molecule has 1 aromatic heterocycles. The molecule has 0 unspecified atom stereocenters. The molecule has 8 heteroatoms. The topological polar surface area (TPSA) is 71.3 Å². The van der Waals surface area contributed by atoms with E-state index in [1.54, 1.807) is 12.1 Å². The number of nitrogens with one attached hydrogen (secondary N) is 1. The molecule has 1 amide bonds. The van der Waals surface area contributed by atoms with Gasteiger partial charge in [-0.2, -0.15) is 11.8 Å². The lowest BCUT2D eigenvalue weighted by Gasteiger charge is -2.24. The molecule has 0 bridgehead atoms. The first-order valence-corrected chi connectivity index (χ1v) is 11.1. The number of aromatic nitrogens is 2. The Morgan fingerprint density at radius 3 is 2.63 bits per heavy atom. The number of hydrogen-bond donors (Lipinski definition) is 1. The maximum Gasteiger partial charge on any atom is 0.318 e. The van der Waals surface area contributed by atoms with Crippen LogP contribution in [0.25, 0.3) is 0 Å². The Morgan fingerprint density at radius 2 is 1.87 bits per heavy atom. The Bertz CT molecular complexity index is 976. The highest BCUT2D eigenvalue weighted by atomic mass is 32.2. The molecule has 30 heavy (non-hydrogen) atoms. The minimum Gasteiger partial charge on any atom is -0.406 e. The lowest BCUT2D eigenvalue weighted by molar-refractivity contribution is -0.121. The van der Waals surface area contributed by atoms with Gasteiger partial charge < -0.3 is 14.6 Å². The first-order valence-electron chi connectivity index (χ1n) is 9.91. The van der Waals surface area contributed by atoms with Gasteiger partial charge >= 0.3 is 6.01 Å². The van der Waals surface area contributed by atoms with Gasteiger partial charge in [-0.3, -0.25) is 4.79 Å². The minimum atomic E-state index is -0.464. The van der Waals surface area contributed by atoms with Crippen LogP contribution in [0, 0.1) is 5.82 Å². The fourth-order valence-electron chi connectivity index (χ4n) is 3.38. The fourth-order valence-corrected chi connectivity index (χ4v) is 4.28. The number of halogens is 1. The third-order valence-electron chi connectivity index (χ3n) is 4.88. The van der Waals surface area contributed by atoms with Crippen LogP contribution < -0.4 is 10.2 Å². The molecule has 2 heterocycles. The van der Waals surface area contributed by atoms with E-state index >= 15 is 0 Å². The highest BCUT2D eigenvalue weighted by Gasteiger charge is 2.24. The second-order valence-electron chi connectivity index (χ2n) is 7.14. The van der Waals surface area contributed by atoms with Crippen molar-refractivity contribution in [2.45, 2.75) is 18.9 Å².